The Labute approximate surface area is 99.6 Å². The Morgan fingerprint density at radius 2 is 2.31 bits per heavy atom. The first-order chi connectivity index (χ1) is 7.88. The summed E-state index contributed by atoms with van der Waals surface area (Å²) in [7, 11) is 0. The molecule has 0 aromatic carbocycles. The molecule has 16 heavy (non-hydrogen) atoms. The Morgan fingerprint density at radius 3 is 3.06 bits per heavy atom. The number of nitrogens with zero attached hydrogens (tertiary/aromatic N) is 5. The molecule has 0 saturated carbocycles. The zero-order valence-corrected chi connectivity index (χ0v) is 9.99. The molecule has 5 nitrogen and oxygen atoms in total. The maximum Gasteiger partial charge on any atom is 0.176 e. The molecule has 3 aromatic heterocycles. The van der Waals surface area contributed by atoms with Crippen LogP contribution in [-0.4, -0.2) is 30.8 Å². The summed E-state index contributed by atoms with van der Waals surface area (Å²) in [6.07, 6.45) is 8.84. The van der Waals surface area contributed by atoms with Crippen LogP contribution >= 0.6 is 23.1 Å². The van der Waals surface area contributed by atoms with E-state index in [-0.39, 0.29) is 0 Å². The van der Waals surface area contributed by atoms with Gasteiger partial charge in [-0.1, -0.05) is 11.8 Å². The van der Waals surface area contributed by atoms with Gasteiger partial charge in [0.2, 0.25) is 0 Å². The molecule has 3 rings (SSSR count). The third kappa shape index (κ3) is 1.48. The second-order valence-electron chi connectivity index (χ2n) is 3.00. The van der Waals surface area contributed by atoms with Gasteiger partial charge < -0.3 is 0 Å². The molecule has 3 aromatic rings. The lowest BCUT2D eigenvalue weighted by Gasteiger charge is -1.99. The molecule has 7 heteroatoms. The fourth-order valence-electron chi connectivity index (χ4n) is 1.38. The first kappa shape index (κ1) is 9.73. The standard InChI is InChI=1S/C9H7N5S2/c1-15-9-13-7-6(16-9)8(12-4-11-7)14-3-2-10-5-14/h2-5H,1H3. The average Bonchev–Trinajstić information content (AvgIpc) is 2.97. The van der Waals surface area contributed by atoms with E-state index in [4.69, 9.17) is 0 Å². The quantitative estimate of drug-likeness (QED) is 0.650. The Balaban J connectivity index is 2.28. The lowest BCUT2D eigenvalue weighted by atomic mass is 10.5. The molecule has 80 valence electrons. The minimum atomic E-state index is 0.744. The van der Waals surface area contributed by atoms with Gasteiger partial charge in [-0.25, -0.2) is 19.9 Å². The first-order valence-electron chi connectivity index (χ1n) is 4.52. The molecule has 0 saturated heterocycles. The van der Waals surface area contributed by atoms with E-state index in [1.165, 1.54) is 6.33 Å². The summed E-state index contributed by atoms with van der Waals surface area (Å²) in [5, 5.41) is 0. The van der Waals surface area contributed by atoms with Crippen molar-refractivity contribution >= 4 is 33.4 Å². The zero-order valence-electron chi connectivity index (χ0n) is 8.36. The SMILES string of the molecule is CSc1nc2ncnc(-n3ccnc3)c2s1. The molecular weight excluding hydrogens is 242 g/mol. The van der Waals surface area contributed by atoms with Gasteiger partial charge in [0.05, 0.1) is 0 Å². The third-order valence-electron chi connectivity index (χ3n) is 2.08. The predicted octanol–water partition coefficient (Wildman–Crippen LogP) is 1.99. The molecule has 0 fully saturated rings. The number of thioether (sulfide) groups is 1. The summed E-state index contributed by atoms with van der Waals surface area (Å²) in [5.74, 6) is 0.834. The Hall–Kier alpha value is -1.47. The van der Waals surface area contributed by atoms with Crippen LogP contribution in [-0.2, 0) is 0 Å². The van der Waals surface area contributed by atoms with Crippen molar-refractivity contribution in [1.29, 1.82) is 0 Å². The molecule has 0 amide bonds. The van der Waals surface area contributed by atoms with E-state index in [0.29, 0.717) is 0 Å². The highest BCUT2D eigenvalue weighted by molar-refractivity contribution is 8.00. The number of imidazole rings is 1. The van der Waals surface area contributed by atoms with Crippen molar-refractivity contribution < 1.29 is 0 Å². The summed E-state index contributed by atoms with van der Waals surface area (Å²) in [6, 6.07) is 0. The van der Waals surface area contributed by atoms with Gasteiger partial charge in [-0.15, -0.1) is 11.3 Å². The van der Waals surface area contributed by atoms with Gasteiger partial charge in [-0.05, 0) is 6.26 Å². The molecule has 0 aliphatic heterocycles. The number of aromatic nitrogens is 5. The molecule has 3 heterocycles. The van der Waals surface area contributed by atoms with Gasteiger partial charge >= 0.3 is 0 Å². The van der Waals surface area contributed by atoms with Crippen molar-refractivity contribution in [1.82, 2.24) is 24.5 Å². The topological polar surface area (TPSA) is 56.5 Å². The second-order valence-corrected chi connectivity index (χ2v) is 5.06. The minimum Gasteiger partial charge on any atom is -0.289 e. The highest BCUT2D eigenvalue weighted by Gasteiger charge is 2.10. The molecule has 0 radical (unpaired) electrons. The Bertz CT molecular complexity index is 616. The maximum absolute atomic E-state index is 4.40. The van der Waals surface area contributed by atoms with Crippen molar-refractivity contribution in [2.24, 2.45) is 0 Å². The summed E-state index contributed by atoms with van der Waals surface area (Å²) < 4.78 is 3.86. The van der Waals surface area contributed by atoms with Crippen LogP contribution in [0.5, 0.6) is 0 Å². The first-order valence-corrected chi connectivity index (χ1v) is 6.56. The summed E-state index contributed by atoms with van der Waals surface area (Å²) in [6.45, 7) is 0. The highest BCUT2D eigenvalue weighted by Crippen LogP contribution is 2.29. The third-order valence-corrected chi connectivity index (χ3v) is 4.10. The van der Waals surface area contributed by atoms with Gasteiger partial charge in [-0.2, -0.15) is 0 Å². The number of fused-ring (bicyclic) bond motifs is 1. The van der Waals surface area contributed by atoms with Crippen LogP contribution in [0, 0.1) is 0 Å². The maximum atomic E-state index is 4.40. The van der Waals surface area contributed by atoms with Crippen molar-refractivity contribution in [2.75, 3.05) is 6.26 Å². The van der Waals surface area contributed by atoms with E-state index in [0.717, 1.165) is 20.5 Å². The van der Waals surface area contributed by atoms with E-state index in [9.17, 15) is 0 Å². The molecule has 0 spiro atoms. The number of thiazole rings is 1. The van der Waals surface area contributed by atoms with Crippen LogP contribution in [0.3, 0.4) is 0 Å². The molecule has 0 atom stereocenters. The van der Waals surface area contributed by atoms with Crippen LogP contribution in [0.15, 0.2) is 29.4 Å². The smallest absolute Gasteiger partial charge is 0.176 e. The van der Waals surface area contributed by atoms with Crippen molar-refractivity contribution in [3.8, 4) is 5.82 Å². The van der Waals surface area contributed by atoms with E-state index in [1.54, 1.807) is 35.6 Å². The van der Waals surface area contributed by atoms with Gasteiger partial charge in [0, 0.05) is 12.4 Å². The fraction of sp³-hybridized carbons (Fsp3) is 0.111. The van der Waals surface area contributed by atoms with Gasteiger partial charge in [0.25, 0.3) is 0 Å². The zero-order chi connectivity index (χ0) is 11.0. The lowest BCUT2D eigenvalue weighted by molar-refractivity contribution is 0.992. The number of rotatable bonds is 2. The average molecular weight is 249 g/mol. The van der Waals surface area contributed by atoms with Crippen molar-refractivity contribution in [3.05, 3.63) is 25.0 Å². The van der Waals surface area contributed by atoms with Gasteiger partial charge in [0.15, 0.2) is 15.8 Å². The highest BCUT2D eigenvalue weighted by atomic mass is 32.2. The molecule has 0 N–H and O–H groups in total. The van der Waals surface area contributed by atoms with E-state index in [2.05, 4.69) is 19.9 Å². The van der Waals surface area contributed by atoms with E-state index >= 15 is 0 Å². The van der Waals surface area contributed by atoms with Crippen LogP contribution in [0.2, 0.25) is 0 Å². The van der Waals surface area contributed by atoms with Gasteiger partial charge in [-0.3, -0.25) is 4.57 Å². The van der Waals surface area contributed by atoms with Gasteiger partial charge in [0.1, 0.15) is 17.4 Å². The lowest BCUT2D eigenvalue weighted by Crippen LogP contribution is -1.95. The summed E-state index contributed by atoms with van der Waals surface area (Å²) in [4.78, 5) is 16.8. The molecule has 0 unspecified atom stereocenters. The number of hydrogen-bond acceptors (Lipinski definition) is 6. The summed E-state index contributed by atoms with van der Waals surface area (Å²) in [5.41, 5.74) is 0.744. The minimum absolute atomic E-state index is 0.744. The predicted molar refractivity (Wildman–Crippen MR) is 64.1 cm³/mol. The van der Waals surface area contributed by atoms with Crippen LogP contribution in [0.4, 0.5) is 0 Å². The molecule has 0 aliphatic carbocycles. The van der Waals surface area contributed by atoms with Crippen molar-refractivity contribution in [2.45, 2.75) is 4.34 Å². The second kappa shape index (κ2) is 3.84. The molecule has 0 bridgehead atoms. The van der Waals surface area contributed by atoms with E-state index < -0.39 is 0 Å². The normalized spacial score (nSPS) is 11.1. The number of hydrogen-bond donors (Lipinski definition) is 0. The Morgan fingerprint density at radius 1 is 1.38 bits per heavy atom. The van der Waals surface area contributed by atoms with E-state index in [1.807, 2.05) is 17.0 Å². The summed E-state index contributed by atoms with van der Waals surface area (Å²) >= 11 is 3.22. The van der Waals surface area contributed by atoms with Crippen molar-refractivity contribution in [3.63, 3.8) is 0 Å². The van der Waals surface area contributed by atoms with Crippen LogP contribution < -0.4 is 0 Å². The van der Waals surface area contributed by atoms with Crippen LogP contribution in [0.1, 0.15) is 0 Å². The van der Waals surface area contributed by atoms with Crippen LogP contribution in [0.25, 0.3) is 16.2 Å². The largest absolute Gasteiger partial charge is 0.289 e. The Kier molecular flexibility index (Phi) is 2.33. The monoisotopic (exact) mass is 249 g/mol. The molecular formula is C9H7N5S2. The molecule has 0 aliphatic rings. The fourth-order valence-corrected chi connectivity index (χ4v) is 2.89.